The van der Waals surface area contributed by atoms with Crippen molar-refractivity contribution in [2.24, 2.45) is 0 Å². The zero-order valence-corrected chi connectivity index (χ0v) is 41.2. The van der Waals surface area contributed by atoms with Crippen LogP contribution in [-0.4, -0.2) is 14.7 Å². The Morgan fingerprint density at radius 2 is 0.833 bits per heavy atom. The molecule has 0 amide bonds. The van der Waals surface area contributed by atoms with Gasteiger partial charge in [0.25, 0.3) is 0 Å². The van der Waals surface area contributed by atoms with Crippen molar-refractivity contribution >= 4 is 50.2 Å². The fourth-order valence-electron chi connectivity index (χ4n) is 8.83. The summed E-state index contributed by atoms with van der Waals surface area (Å²) in [6.07, 6.45) is 1.69. The maximum absolute atomic E-state index is 13.7. The summed E-state index contributed by atoms with van der Waals surface area (Å²) in [5.41, 5.74) is 6.29. The number of benzene rings is 6. The van der Waals surface area contributed by atoms with Crippen molar-refractivity contribution < 1.29 is 14.7 Å². The Bertz CT molecular complexity index is 2640. The molecular formula is C56H75O3P. The molecule has 0 bridgehead atoms. The van der Waals surface area contributed by atoms with E-state index in [1.807, 2.05) is 6.07 Å². The van der Waals surface area contributed by atoms with E-state index >= 15 is 0 Å². The van der Waals surface area contributed by atoms with Crippen LogP contribution in [0.15, 0.2) is 84.9 Å². The minimum absolute atomic E-state index is 0.0248. The molecule has 3 nitrogen and oxygen atoms in total. The van der Waals surface area contributed by atoms with Crippen LogP contribution >= 0.6 is 7.28 Å². The van der Waals surface area contributed by atoms with E-state index in [0.717, 1.165) is 67.4 Å². The zero-order valence-electron chi connectivity index (χ0n) is 40.3. The zero-order chi connectivity index (χ0) is 45.0. The summed E-state index contributed by atoms with van der Waals surface area (Å²) in [6, 6.07) is 30.5. The monoisotopic (exact) mass is 827 g/mol. The molecule has 0 aliphatic carbocycles. The number of hydrogen-bond donors (Lipinski definition) is 3. The maximum atomic E-state index is 13.7. The van der Waals surface area contributed by atoms with Crippen molar-refractivity contribution in [1.82, 2.24) is 0 Å². The molecule has 6 aromatic rings. The van der Waals surface area contributed by atoms with Crippen LogP contribution < -0.4 is 10.6 Å². The van der Waals surface area contributed by atoms with Gasteiger partial charge in [-0.05, 0) is 0 Å². The van der Waals surface area contributed by atoms with Gasteiger partial charge in [0.05, 0.1) is 0 Å². The third-order valence-corrected chi connectivity index (χ3v) is 16.3. The van der Waals surface area contributed by atoms with E-state index in [4.69, 9.17) is 0 Å². The molecule has 0 aliphatic rings. The summed E-state index contributed by atoms with van der Waals surface area (Å²) in [4.78, 5) is 41.2. The van der Waals surface area contributed by atoms with Gasteiger partial charge in [-0.25, -0.2) is 0 Å². The first-order valence-corrected chi connectivity index (χ1v) is 24.4. The Labute approximate surface area is 362 Å². The van der Waals surface area contributed by atoms with Gasteiger partial charge in [0.15, 0.2) is 0 Å². The summed E-state index contributed by atoms with van der Waals surface area (Å²) >= 11 is 0. The molecule has 0 aliphatic heterocycles. The third-order valence-electron chi connectivity index (χ3n) is 13.8. The van der Waals surface area contributed by atoms with Crippen LogP contribution in [0.25, 0.3) is 43.4 Å². The quantitative estimate of drug-likeness (QED) is 0.141. The summed E-state index contributed by atoms with van der Waals surface area (Å²) < 4.78 is 0. The van der Waals surface area contributed by atoms with E-state index in [2.05, 4.69) is 203 Å². The van der Waals surface area contributed by atoms with Gasteiger partial charge in [0.2, 0.25) is 0 Å². The second-order valence-corrected chi connectivity index (χ2v) is 26.3. The molecule has 0 aromatic heterocycles. The molecule has 0 radical (unpaired) electrons. The van der Waals surface area contributed by atoms with Gasteiger partial charge in [-0.3, -0.25) is 0 Å². The fraction of sp³-hybridized carbons (Fsp3) is 0.464. The number of fused-ring (bicyclic) bond motifs is 3. The van der Waals surface area contributed by atoms with Crippen LogP contribution in [0.1, 0.15) is 171 Å². The van der Waals surface area contributed by atoms with E-state index in [1.54, 1.807) is 0 Å². The van der Waals surface area contributed by atoms with E-state index < -0.39 is 18.1 Å². The standard InChI is InChI=1S/C56H75O3P/c1-19-55(15,16)42-25-26-43-39(29-42)33-47(56(17,18)20-2)50(49(43)44-30-35-21-23-40(51(3,4)5)27-37(35)31-45(44)53(9,10)11)60(57,58,59)48-34-36-22-24-41(52(6,7)8)28-38(36)32-46(48)54(12,13)14/h21-34,57-59H,19-20H2,1-18H3. The number of hydrogen-bond acceptors (Lipinski definition) is 3. The molecule has 3 N–H and O–H groups in total. The fourth-order valence-corrected chi connectivity index (χ4v) is 11.8. The molecule has 6 aromatic carbocycles. The minimum atomic E-state index is -6.07. The second-order valence-electron chi connectivity index (χ2n) is 23.4. The van der Waals surface area contributed by atoms with Crippen molar-refractivity contribution in [3.05, 3.63) is 118 Å². The SMILES string of the molecule is CCC(C)(C)c1ccc2c(-c3cc4ccc(C(C)(C)C)cc4cc3C(C)(C)C)c(P(O)(O)(O)c3cc4ccc(C(C)(C)C)cc4cc3C(C)(C)C)c(C(C)(C)CC)cc2c1. The first kappa shape index (κ1) is 45.9. The summed E-state index contributed by atoms with van der Waals surface area (Å²) in [5, 5.41) is 6.46. The number of rotatable bonds is 7. The van der Waals surface area contributed by atoms with Gasteiger partial charge < -0.3 is 0 Å². The Morgan fingerprint density at radius 1 is 0.400 bits per heavy atom. The van der Waals surface area contributed by atoms with Gasteiger partial charge >= 0.3 is 364 Å². The third kappa shape index (κ3) is 8.22. The first-order valence-electron chi connectivity index (χ1n) is 22.3. The molecule has 0 fully saturated rings. The van der Waals surface area contributed by atoms with Crippen LogP contribution in [0.4, 0.5) is 0 Å². The van der Waals surface area contributed by atoms with Gasteiger partial charge in [-0.15, -0.1) is 0 Å². The summed E-state index contributed by atoms with van der Waals surface area (Å²) in [5.74, 6) is 0. The Hall–Kier alpha value is -3.59. The van der Waals surface area contributed by atoms with Crippen molar-refractivity contribution in [1.29, 1.82) is 0 Å². The topological polar surface area (TPSA) is 60.7 Å². The molecular weight excluding hydrogens is 752 g/mol. The molecule has 0 heterocycles. The van der Waals surface area contributed by atoms with Crippen LogP contribution in [0.5, 0.6) is 0 Å². The van der Waals surface area contributed by atoms with Crippen LogP contribution in [0.3, 0.4) is 0 Å². The average molecular weight is 827 g/mol. The molecule has 6 rings (SSSR count). The predicted octanol–water partition coefficient (Wildman–Crippen LogP) is 14.6. The van der Waals surface area contributed by atoms with E-state index in [9.17, 15) is 14.7 Å². The predicted molar refractivity (Wildman–Crippen MR) is 265 cm³/mol. The Morgan fingerprint density at radius 3 is 1.30 bits per heavy atom. The molecule has 322 valence electrons. The van der Waals surface area contributed by atoms with Gasteiger partial charge in [-0.2, -0.15) is 0 Å². The molecule has 4 heteroatoms. The normalized spacial score (nSPS) is 14.6. The van der Waals surface area contributed by atoms with Crippen molar-refractivity contribution in [2.45, 2.75) is 170 Å². The van der Waals surface area contributed by atoms with E-state index in [0.29, 0.717) is 5.56 Å². The average Bonchev–Trinajstić information content (AvgIpc) is 3.13. The van der Waals surface area contributed by atoms with E-state index in [1.165, 1.54) is 16.7 Å². The van der Waals surface area contributed by atoms with Gasteiger partial charge in [-0.1, -0.05) is 0 Å². The van der Waals surface area contributed by atoms with Crippen LogP contribution in [-0.2, 0) is 32.5 Å². The first-order chi connectivity index (χ1) is 27.2. The molecule has 0 unspecified atom stereocenters. The van der Waals surface area contributed by atoms with Gasteiger partial charge in [0.1, 0.15) is 0 Å². The van der Waals surface area contributed by atoms with Crippen LogP contribution in [0.2, 0.25) is 0 Å². The summed E-state index contributed by atoms with van der Waals surface area (Å²) in [7, 11) is -6.07. The van der Waals surface area contributed by atoms with Crippen LogP contribution in [0, 0.1) is 0 Å². The molecule has 0 atom stereocenters. The molecule has 0 spiro atoms. The van der Waals surface area contributed by atoms with Crippen molar-refractivity contribution in [2.75, 3.05) is 0 Å². The Kier molecular flexibility index (Phi) is 11.1. The molecule has 0 saturated heterocycles. The van der Waals surface area contributed by atoms with Crippen molar-refractivity contribution in [3.8, 4) is 11.1 Å². The van der Waals surface area contributed by atoms with Crippen molar-refractivity contribution in [3.63, 3.8) is 0 Å². The summed E-state index contributed by atoms with van der Waals surface area (Å²) in [6.45, 7) is 39.7. The Balaban J connectivity index is 1.90. The van der Waals surface area contributed by atoms with Gasteiger partial charge in [0, 0.05) is 0 Å². The molecule has 60 heavy (non-hydrogen) atoms. The van der Waals surface area contributed by atoms with E-state index in [-0.39, 0.29) is 32.3 Å². The second kappa shape index (κ2) is 14.5. The molecule has 0 saturated carbocycles.